The van der Waals surface area contributed by atoms with E-state index in [1.807, 2.05) is 12.1 Å². The monoisotopic (exact) mass is 558 g/mol. The zero-order chi connectivity index (χ0) is 29.5. The van der Waals surface area contributed by atoms with E-state index in [9.17, 15) is 27.6 Å². The van der Waals surface area contributed by atoms with Crippen LogP contribution in [0.3, 0.4) is 0 Å². The molecule has 0 fully saturated rings. The minimum Gasteiger partial charge on any atom is -0.481 e. The third-order valence-electron chi connectivity index (χ3n) is 5.71. The first kappa shape index (κ1) is 30.0. The Hall–Kier alpha value is -4.54. The van der Waals surface area contributed by atoms with Crippen molar-refractivity contribution in [2.45, 2.75) is 45.5 Å². The molecular formula is C29H29F3N2O6. The van der Waals surface area contributed by atoms with Gasteiger partial charge in [-0.1, -0.05) is 45.0 Å². The molecule has 3 rings (SSSR count). The van der Waals surface area contributed by atoms with E-state index in [1.165, 1.54) is 17.0 Å². The predicted octanol–water partition coefficient (Wildman–Crippen LogP) is 6.29. The summed E-state index contributed by atoms with van der Waals surface area (Å²) >= 11 is 0. The highest BCUT2D eigenvalue weighted by Crippen LogP contribution is 2.28. The van der Waals surface area contributed by atoms with E-state index in [0.717, 1.165) is 17.7 Å². The second-order valence-electron chi connectivity index (χ2n) is 9.87. The lowest BCUT2D eigenvalue weighted by atomic mass is 9.87. The molecule has 0 spiro atoms. The van der Waals surface area contributed by atoms with E-state index in [-0.39, 0.29) is 30.7 Å². The van der Waals surface area contributed by atoms with Gasteiger partial charge in [-0.2, -0.15) is 0 Å². The summed E-state index contributed by atoms with van der Waals surface area (Å²) in [5.74, 6) is -1.89. The fourth-order valence-electron chi connectivity index (χ4n) is 3.60. The average molecular weight is 559 g/mol. The molecule has 40 heavy (non-hydrogen) atoms. The summed E-state index contributed by atoms with van der Waals surface area (Å²) in [6.45, 7) is 6.21. The fraction of sp³-hybridized carbons (Fsp3) is 0.276. The number of ether oxygens (including phenoxy) is 2. The van der Waals surface area contributed by atoms with Gasteiger partial charge in [0, 0.05) is 17.8 Å². The van der Waals surface area contributed by atoms with Crippen LogP contribution >= 0.6 is 0 Å². The van der Waals surface area contributed by atoms with Crippen LogP contribution in [-0.4, -0.2) is 36.0 Å². The van der Waals surface area contributed by atoms with Crippen molar-refractivity contribution >= 4 is 23.7 Å². The maximum atomic E-state index is 13.2. The SMILES string of the molecule is CC(C)(C)c1ccc(N(Cc2ccc(C(=O)NCCC(=O)O)cc2)C(=O)Oc2ccc(OC(F)(F)F)cc2)cc1. The normalized spacial score (nSPS) is 11.4. The Morgan fingerprint density at radius 1 is 0.850 bits per heavy atom. The molecular weight excluding hydrogens is 529 g/mol. The van der Waals surface area contributed by atoms with Gasteiger partial charge in [-0.05, 0) is 65.1 Å². The van der Waals surface area contributed by atoms with Gasteiger partial charge < -0.3 is 19.9 Å². The molecule has 2 N–H and O–H groups in total. The van der Waals surface area contributed by atoms with Crippen LogP contribution in [0.25, 0.3) is 0 Å². The molecule has 2 amide bonds. The number of rotatable bonds is 9. The number of amides is 2. The lowest BCUT2D eigenvalue weighted by molar-refractivity contribution is -0.274. The molecule has 212 valence electrons. The van der Waals surface area contributed by atoms with Gasteiger partial charge >= 0.3 is 18.4 Å². The number of hydrogen-bond donors (Lipinski definition) is 2. The van der Waals surface area contributed by atoms with Gasteiger partial charge in [-0.3, -0.25) is 14.5 Å². The van der Waals surface area contributed by atoms with E-state index in [2.05, 4.69) is 30.8 Å². The molecule has 0 aliphatic carbocycles. The maximum absolute atomic E-state index is 13.2. The van der Waals surface area contributed by atoms with E-state index < -0.39 is 30.1 Å². The first-order valence-corrected chi connectivity index (χ1v) is 12.3. The van der Waals surface area contributed by atoms with Crippen LogP contribution in [-0.2, 0) is 16.8 Å². The highest BCUT2D eigenvalue weighted by atomic mass is 19.4. The Morgan fingerprint density at radius 3 is 1.95 bits per heavy atom. The lowest BCUT2D eigenvalue weighted by Gasteiger charge is -2.24. The van der Waals surface area contributed by atoms with Crippen molar-refractivity contribution < 1.29 is 42.1 Å². The maximum Gasteiger partial charge on any atom is 0.573 e. The molecule has 0 atom stereocenters. The van der Waals surface area contributed by atoms with Crippen molar-refractivity contribution in [1.82, 2.24) is 5.32 Å². The number of alkyl halides is 3. The molecule has 3 aromatic carbocycles. The summed E-state index contributed by atoms with van der Waals surface area (Å²) in [7, 11) is 0. The van der Waals surface area contributed by atoms with Crippen LogP contribution in [0.15, 0.2) is 72.8 Å². The van der Waals surface area contributed by atoms with Crippen molar-refractivity contribution in [2.24, 2.45) is 0 Å². The second-order valence-corrected chi connectivity index (χ2v) is 9.87. The topological polar surface area (TPSA) is 105 Å². The summed E-state index contributed by atoms with van der Waals surface area (Å²) in [5.41, 5.74) is 2.42. The Bertz CT molecular complexity index is 1320. The van der Waals surface area contributed by atoms with E-state index in [0.29, 0.717) is 16.8 Å². The molecule has 3 aromatic rings. The summed E-state index contributed by atoms with van der Waals surface area (Å²) in [5, 5.41) is 11.2. The molecule has 0 unspecified atom stereocenters. The van der Waals surface area contributed by atoms with Crippen LogP contribution in [0.1, 0.15) is 48.7 Å². The standard InChI is InChI=1S/C29H29F3N2O6/c1-28(2,3)21-8-10-22(11-9-21)34(27(38)39-23-12-14-24(15-13-23)40-29(30,31)32)18-19-4-6-20(7-5-19)26(37)33-17-16-25(35)36/h4-15H,16-18H2,1-3H3,(H,33,37)(H,35,36). The molecule has 0 heterocycles. The van der Waals surface area contributed by atoms with Gasteiger partial charge in [0.25, 0.3) is 5.91 Å². The molecule has 0 bridgehead atoms. The van der Waals surface area contributed by atoms with Crippen molar-refractivity contribution in [1.29, 1.82) is 0 Å². The summed E-state index contributed by atoms with van der Waals surface area (Å²) in [6, 6.07) is 18.2. The Kier molecular flexibility index (Phi) is 9.41. The van der Waals surface area contributed by atoms with E-state index >= 15 is 0 Å². The number of nitrogens with zero attached hydrogens (tertiary/aromatic N) is 1. The highest BCUT2D eigenvalue weighted by Gasteiger charge is 2.31. The Balaban J connectivity index is 1.80. The number of carboxylic acid groups (broad SMARTS) is 1. The number of anilines is 1. The van der Waals surface area contributed by atoms with Gasteiger partial charge in [0.2, 0.25) is 0 Å². The fourth-order valence-corrected chi connectivity index (χ4v) is 3.60. The summed E-state index contributed by atoms with van der Waals surface area (Å²) in [4.78, 5) is 37.5. The molecule has 11 heteroatoms. The van der Waals surface area contributed by atoms with E-state index in [1.54, 1.807) is 36.4 Å². The van der Waals surface area contributed by atoms with E-state index in [4.69, 9.17) is 9.84 Å². The molecule has 0 radical (unpaired) electrons. The van der Waals surface area contributed by atoms with Gasteiger partial charge in [0.05, 0.1) is 13.0 Å². The van der Waals surface area contributed by atoms with Crippen LogP contribution in [0.4, 0.5) is 23.7 Å². The average Bonchev–Trinajstić information content (AvgIpc) is 2.87. The minimum atomic E-state index is -4.84. The quantitative estimate of drug-likeness (QED) is 0.320. The molecule has 0 saturated carbocycles. The molecule has 0 aliphatic rings. The minimum absolute atomic E-state index is 0.0105. The first-order chi connectivity index (χ1) is 18.7. The second kappa shape index (κ2) is 12.5. The smallest absolute Gasteiger partial charge is 0.481 e. The van der Waals surface area contributed by atoms with Crippen LogP contribution < -0.4 is 19.7 Å². The number of halogens is 3. The Labute approximate surface area is 229 Å². The number of carbonyl (C=O) groups excluding carboxylic acids is 2. The highest BCUT2D eigenvalue weighted by molar-refractivity contribution is 5.94. The third kappa shape index (κ3) is 9.04. The third-order valence-corrected chi connectivity index (χ3v) is 5.71. The van der Waals surface area contributed by atoms with Crippen molar-refractivity contribution in [2.75, 3.05) is 11.4 Å². The number of nitrogens with one attached hydrogen (secondary N) is 1. The summed E-state index contributed by atoms with van der Waals surface area (Å²) in [6.07, 6.45) is -5.82. The molecule has 0 saturated heterocycles. The van der Waals surface area contributed by atoms with Gasteiger partial charge in [-0.15, -0.1) is 13.2 Å². The van der Waals surface area contributed by atoms with Crippen LogP contribution in [0.5, 0.6) is 11.5 Å². The molecule has 8 nitrogen and oxygen atoms in total. The number of aliphatic carboxylic acids is 1. The zero-order valence-corrected chi connectivity index (χ0v) is 22.1. The number of hydrogen-bond acceptors (Lipinski definition) is 5. The first-order valence-electron chi connectivity index (χ1n) is 12.3. The van der Waals surface area contributed by atoms with Crippen LogP contribution in [0.2, 0.25) is 0 Å². The molecule has 0 aliphatic heterocycles. The zero-order valence-electron chi connectivity index (χ0n) is 22.1. The van der Waals surface area contributed by atoms with Crippen molar-refractivity contribution in [3.63, 3.8) is 0 Å². The van der Waals surface area contributed by atoms with Gasteiger partial charge in [0.15, 0.2) is 0 Å². The molecule has 0 aromatic heterocycles. The van der Waals surface area contributed by atoms with Crippen LogP contribution in [0, 0.1) is 0 Å². The number of carbonyl (C=O) groups is 3. The summed E-state index contributed by atoms with van der Waals surface area (Å²) < 4.78 is 46.6. The number of benzene rings is 3. The Morgan fingerprint density at radius 2 is 1.43 bits per heavy atom. The van der Waals surface area contributed by atoms with Crippen molar-refractivity contribution in [3.05, 3.63) is 89.5 Å². The van der Waals surface area contributed by atoms with Crippen molar-refractivity contribution in [3.8, 4) is 11.5 Å². The van der Waals surface area contributed by atoms with Gasteiger partial charge in [0.1, 0.15) is 11.5 Å². The lowest BCUT2D eigenvalue weighted by Crippen LogP contribution is -2.33. The number of carboxylic acids is 1. The van der Waals surface area contributed by atoms with Gasteiger partial charge in [-0.25, -0.2) is 4.79 Å². The largest absolute Gasteiger partial charge is 0.573 e. The predicted molar refractivity (Wildman–Crippen MR) is 142 cm³/mol.